The molecule has 0 spiro atoms. The highest BCUT2D eigenvalue weighted by Gasteiger charge is 2.13. The fourth-order valence-corrected chi connectivity index (χ4v) is 1.97. The first-order valence-corrected chi connectivity index (χ1v) is 5.80. The van der Waals surface area contributed by atoms with Gasteiger partial charge in [-0.3, -0.25) is 4.79 Å². The number of rotatable bonds is 4. The van der Waals surface area contributed by atoms with Gasteiger partial charge >= 0.3 is 0 Å². The van der Waals surface area contributed by atoms with Crippen molar-refractivity contribution >= 4 is 17.5 Å². The first-order valence-electron chi connectivity index (χ1n) is 4.81. The summed E-state index contributed by atoms with van der Waals surface area (Å²) in [4.78, 5) is 11.7. The third kappa shape index (κ3) is 2.68. The maximum absolute atomic E-state index is 13.3. The largest absolute Gasteiger partial charge is 0.293 e. The fraction of sp³-hybridized carbons (Fsp3) is 0.200. The Kier molecular flexibility index (Phi) is 3.48. The number of carbonyl (C=O) groups excluding carboxylic acids is 1. The van der Waals surface area contributed by atoms with Gasteiger partial charge in [-0.25, -0.2) is 9.07 Å². The van der Waals surface area contributed by atoms with Crippen molar-refractivity contribution in [2.45, 2.75) is 5.16 Å². The molecule has 0 N–H and O–H groups in total. The number of Topliss-reactive ketones (excluding diaryl/α,β-unsaturated/α-hetero) is 1. The Labute approximate surface area is 101 Å². The molecule has 0 saturated carbocycles. The quantitative estimate of drug-likeness (QED) is 0.606. The molecule has 0 aliphatic carbocycles. The topological polar surface area (TPSA) is 60.7 Å². The molecule has 88 valence electrons. The molecule has 0 fully saturated rings. The van der Waals surface area contributed by atoms with Gasteiger partial charge in [0.15, 0.2) is 5.78 Å². The van der Waals surface area contributed by atoms with Crippen molar-refractivity contribution in [3.05, 3.63) is 35.6 Å². The van der Waals surface area contributed by atoms with Crippen molar-refractivity contribution in [1.29, 1.82) is 0 Å². The molecule has 1 heterocycles. The van der Waals surface area contributed by atoms with Crippen LogP contribution in [0.1, 0.15) is 10.4 Å². The van der Waals surface area contributed by atoms with Gasteiger partial charge in [-0.15, -0.1) is 5.10 Å². The second-order valence-corrected chi connectivity index (χ2v) is 4.22. The van der Waals surface area contributed by atoms with E-state index in [-0.39, 0.29) is 17.1 Å². The lowest BCUT2D eigenvalue weighted by Gasteiger charge is -2.01. The lowest BCUT2D eigenvalue weighted by atomic mass is 10.1. The van der Waals surface area contributed by atoms with Crippen LogP contribution in [0.15, 0.2) is 29.4 Å². The number of tetrazole rings is 1. The number of ketones is 1. The SMILES string of the molecule is Cn1nnnc1SCC(=O)c1ccccc1F. The summed E-state index contributed by atoms with van der Waals surface area (Å²) < 4.78 is 14.8. The number of nitrogens with zero attached hydrogens (tertiary/aromatic N) is 4. The van der Waals surface area contributed by atoms with Gasteiger partial charge in [0.1, 0.15) is 5.82 Å². The van der Waals surface area contributed by atoms with Crippen LogP contribution >= 0.6 is 11.8 Å². The van der Waals surface area contributed by atoms with Crippen molar-refractivity contribution in [2.75, 3.05) is 5.75 Å². The van der Waals surface area contributed by atoms with Gasteiger partial charge in [-0.1, -0.05) is 23.9 Å². The van der Waals surface area contributed by atoms with E-state index in [4.69, 9.17) is 0 Å². The minimum atomic E-state index is -0.505. The van der Waals surface area contributed by atoms with Gasteiger partial charge in [0, 0.05) is 7.05 Å². The second kappa shape index (κ2) is 5.05. The number of hydrogen-bond donors (Lipinski definition) is 0. The molecule has 0 aliphatic rings. The summed E-state index contributed by atoms with van der Waals surface area (Å²) >= 11 is 1.18. The Morgan fingerprint density at radius 2 is 2.24 bits per heavy atom. The highest BCUT2D eigenvalue weighted by molar-refractivity contribution is 7.99. The molecule has 17 heavy (non-hydrogen) atoms. The summed E-state index contributed by atoms with van der Waals surface area (Å²) in [7, 11) is 1.68. The molecule has 0 atom stereocenters. The van der Waals surface area contributed by atoms with Gasteiger partial charge in [0.25, 0.3) is 0 Å². The number of aryl methyl sites for hydroxylation is 1. The summed E-state index contributed by atoms with van der Waals surface area (Å²) in [5.74, 6) is -0.680. The Balaban J connectivity index is 2.04. The Morgan fingerprint density at radius 1 is 1.47 bits per heavy atom. The van der Waals surface area contributed by atoms with Crippen LogP contribution < -0.4 is 0 Å². The van der Waals surface area contributed by atoms with Gasteiger partial charge < -0.3 is 0 Å². The predicted octanol–water partition coefficient (Wildman–Crippen LogP) is 1.32. The zero-order valence-corrected chi connectivity index (χ0v) is 9.82. The van der Waals surface area contributed by atoms with E-state index in [1.165, 1.54) is 28.6 Å². The first kappa shape index (κ1) is 11.7. The third-order valence-electron chi connectivity index (χ3n) is 2.09. The molecule has 1 aromatic heterocycles. The van der Waals surface area contributed by atoms with Crippen molar-refractivity contribution < 1.29 is 9.18 Å². The monoisotopic (exact) mass is 252 g/mol. The van der Waals surface area contributed by atoms with Crippen LogP contribution in [0.25, 0.3) is 0 Å². The Morgan fingerprint density at radius 3 is 2.88 bits per heavy atom. The van der Waals surface area contributed by atoms with E-state index in [9.17, 15) is 9.18 Å². The lowest BCUT2D eigenvalue weighted by molar-refractivity contribution is 0.101. The maximum atomic E-state index is 13.3. The number of thioether (sulfide) groups is 1. The molecular formula is C10H9FN4OS. The Hall–Kier alpha value is -1.76. The second-order valence-electron chi connectivity index (χ2n) is 3.28. The van der Waals surface area contributed by atoms with E-state index >= 15 is 0 Å². The van der Waals surface area contributed by atoms with Gasteiger partial charge in [0.05, 0.1) is 11.3 Å². The Bertz CT molecular complexity index is 543. The summed E-state index contributed by atoms with van der Waals surface area (Å²) in [6, 6.07) is 5.91. The van der Waals surface area contributed by atoms with Crippen LogP contribution in [0.2, 0.25) is 0 Å². The molecule has 2 rings (SSSR count). The minimum absolute atomic E-state index is 0.0927. The number of carbonyl (C=O) groups is 1. The lowest BCUT2D eigenvalue weighted by Crippen LogP contribution is -2.06. The van der Waals surface area contributed by atoms with E-state index in [1.807, 2.05) is 0 Å². The number of hydrogen-bond acceptors (Lipinski definition) is 5. The summed E-state index contributed by atoms with van der Waals surface area (Å²) in [6.07, 6.45) is 0. The van der Waals surface area contributed by atoms with E-state index < -0.39 is 5.82 Å². The van der Waals surface area contributed by atoms with E-state index in [0.717, 1.165) is 0 Å². The summed E-state index contributed by atoms with van der Waals surface area (Å²) in [6.45, 7) is 0. The molecule has 0 aliphatic heterocycles. The molecule has 0 radical (unpaired) electrons. The molecule has 0 saturated heterocycles. The van der Waals surface area contributed by atoms with Crippen molar-refractivity contribution in [3.8, 4) is 0 Å². The zero-order valence-electron chi connectivity index (χ0n) is 9.00. The molecule has 2 aromatic rings. The van der Waals surface area contributed by atoms with Crippen molar-refractivity contribution in [1.82, 2.24) is 20.2 Å². The van der Waals surface area contributed by atoms with Crippen LogP contribution in [0.3, 0.4) is 0 Å². The number of aromatic nitrogens is 4. The highest BCUT2D eigenvalue weighted by Crippen LogP contribution is 2.16. The standard InChI is InChI=1S/C10H9FN4OS/c1-15-10(12-13-14-15)17-6-9(16)7-4-2-3-5-8(7)11/h2-5H,6H2,1H3. The fourth-order valence-electron chi connectivity index (χ4n) is 1.24. The third-order valence-corrected chi connectivity index (χ3v) is 3.10. The van der Waals surface area contributed by atoms with Crippen LogP contribution in [0, 0.1) is 5.82 Å². The molecule has 0 unspecified atom stereocenters. The van der Waals surface area contributed by atoms with E-state index in [2.05, 4.69) is 15.5 Å². The molecular weight excluding hydrogens is 243 g/mol. The zero-order chi connectivity index (χ0) is 12.3. The number of benzene rings is 1. The predicted molar refractivity (Wildman–Crippen MR) is 60.3 cm³/mol. The van der Waals surface area contributed by atoms with Crippen LogP contribution in [-0.2, 0) is 7.05 Å². The van der Waals surface area contributed by atoms with Gasteiger partial charge in [-0.05, 0) is 22.6 Å². The molecule has 0 amide bonds. The average Bonchev–Trinajstić information content (AvgIpc) is 2.72. The van der Waals surface area contributed by atoms with Gasteiger partial charge in [-0.2, -0.15) is 0 Å². The molecule has 0 bridgehead atoms. The van der Waals surface area contributed by atoms with Crippen molar-refractivity contribution in [2.24, 2.45) is 7.05 Å². The molecule has 7 heteroatoms. The molecule has 5 nitrogen and oxygen atoms in total. The highest BCUT2D eigenvalue weighted by atomic mass is 32.2. The van der Waals surface area contributed by atoms with Crippen LogP contribution in [0.4, 0.5) is 4.39 Å². The van der Waals surface area contributed by atoms with Gasteiger partial charge in [0.2, 0.25) is 5.16 Å². The van der Waals surface area contributed by atoms with E-state index in [1.54, 1.807) is 19.2 Å². The maximum Gasteiger partial charge on any atom is 0.209 e. The van der Waals surface area contributed by atoms with Crippen LogP contribution in [0.5, 0.6) is 0 Å². The minimum Gasteiger partial charge on any atom is -0.293 e. The normalized spacial score (nSPS) is 10.5. The summed E-state index contributed by atoms with van der Waals surface area (Å²) in [5.41, 5.74) is 0.0927. The molecule has 1 aromatic carbocycles. The smallest absolute Gasteiger partial charge is 0.209 e. The first-order chi connectivity index (χ1) is 8.18. The van der Waals surface area contributed by atoms with E-state index in [0.29, 0.717) is 5.16 Å². The summed E-state index contributed by atoms with van der Waals surface area (Å²) in [5, 5.41) is 11.3. The number of halogens is 1. The van der Waals surface area contributed by atoms with Crippen LogP contribution in [-0.4, -0.2) is 31.7 Å². The average molecular weight is 252 g/mol. The van der Waals surface area contributed by atoms with Crippen molar-refractivity contribution in [3.63, 3.8) is 0 Å².